The van der Waals surface area contributed by atoms with E-state index in [0.29, 0.717) is 12.8 Å². The van der Waals surface area contributed by atoms with E-state index >= 15 is 0 Å². The van der Waals surface area contributed by atoms with Crippen LogP contribution in [0.4, 0.5) is 0 Å². The molecule has 0 aliphatic carbocycles. The Balaban J connectivity index is 2.21. The number of hydrogen-bond acceptors (Lipinski definition) is 6. The average Bonchev–Trinajstić information content (AvgIpc) is 3.18. The second-order valence-electron chi connectivity index (χ2n) is 15.7. The monoisotopic (exact) mass is 803 g/mol. The molecule has 322 valence electrons. The Morgan fingerprint density at radius 1 is 0.482 bits per heavy atom. The maximum Gasteiger partial charge on any atom is 0.340 e. The Kier molecular flexibility index (Phi) is 33.9. The van der Waals surface area contributed by atoms with E-state index in [4.69, 9.17) is 9.47 Å². The predicted octanol–water partition coefficient (Wildman–Crippen LogP) is 14.9. The molecule has 1 aromatic carbocycles. The van der Waals surface area contributed by atoms with Crippen LogP contribution >= 0.6 is 0 Å². The van der Waals surface area contributed by atoms with E-state index in [1.807, 2.05) is 0 Å². The van der Waals surface area contributed by atoms with Crippen LogP contribution in [0.3, 0.4) is 0 Å². The van der Waals surface area contributed by atoms with Gasteiger partial charge < -0.3 is 9.47 Å². The normalized spacial score (nSPS) is 11.9. The molecule has 56 heavy (non-hydrogen) atoms. The summed E-state index contributed by atoms with van der Waals surface area (Å²) < 4.78 is 44.9. The van der Waals surface area contributed by atoms with Gasteiger partial charge in [-0.3, -0.25) is 4.55 Å². The molecule has 0 heterocycles. The highest BCUT2D eigenvalue weighted by atomic mass is 32.2. The second-order valence-corrected chi connectivity index (χ2v) is 17.1. The Labute approximate surface area is 344 Å². The summed E-state index contributed by atoms with van der Waals surface area (Å²) in [6, 6.07) is 3.76. The highest BCUT2D eigenvalue weighted by molar-refractivity contribution is 7.86. The lowest BCUT2D eigenvalue weighted by atomic mass is 10.1. The smallest absolute Gasteiger partial charge is 0.340 e. The zero-order valence-electron chi connectivity index (χ0n) is 35.9. The number of carbonyl (C=O) groups excluding carboxylic acids is 2. The van der Waals surface area contributed by atoms with Gasteiger partial charge in [0.25, 0.3) is 10.1 Å². The van der Waals surface area contributed by atoms with E-state index in [1.54, 1.807) is 0 Å². The van der Waals surface area contributed by atoms with Crippen molar-refractivity contribution in [3.05, 3.63) is 53.6 Å². The standard InChI is InChI=1S/C48H82O7S/c1-3-5-7-9-11-13-15-17-19-21-23-25-27-29-31-33-35-37-42-54-47(49)44-40-39-41-45(56(51,52)53)46(44)48(50)55-43-38-36-34-32-30-28-26-24-22-20-18-16-14-12-10-8-6-4-2/h15-18,39-41H,3-14,19-38,42-43H2,1-2H3,(H,51,52,53)/b17-15+,18-16+. The van der Waals surface area contributed by atoms with Crippen LogP contribution in [0, 0.1) is 0 Å². The number of esters is 2. The molecule has 0 aliphatic heterocycles. The summed E-state index contributed by atoms with van der Waals surface area (Å²) in [5.41, 5.74) is -0.677. The molecule has 8 heteroatoms. The number of hydrogen-bond donors (Lipinski definition) is 1. The molecule has 0 aromatic heterocycles. The van der Waals surface area contributed by atoms with Gasteiger partial charge in [0.1, 0.15) is 4.90 Å². The maximum atomic E-state index is 13.1. The van der Waals surface area contributed by atoms with Gasteiger partial charge in [-0.1, -0.05) is 185 Å². The van der Waals surface area contributed by atoms with E-state index in [9.17, 15) is 22.6 Å². The van der Waals surface area contributed by atoms with Crippen molar-refractivity contribution in [3.63, 3.8) is 0 Å². The number of rotatable bonds is 39. The highest BCUT2D eigenvalue weighted by Gasteiger charge is 2.28. The molecule has 0 saturated heterocycles. The van der Waals surface area contributed by atoms with Crippen molar-refractivity contribution in [2.24, 2.45) is 0 Å². The van der Waals surface area contributed by atoms with Gasteiger partial charge in [-0.05, 0) is 76.3 Å². The Morgan fingerprint density at radius 3 is 1.16 bits per heavy atom. The van der Waals surface area contributed by atoms with Gasteiger partial charge in [-0.25, -0.2) is 9.59 Å². The van der Waals surface area contributed by atoms with Crippen LogP contribution in [0.5, 0.6) is 0 Å². The number of benzene rings is 1. The largest absolute Gasteiger partial charge is 0.462 e. The van der Waals surface area contributed by atoms with Gasteiger partial charge in [-0.2, -0.15) is 8.42 Å². The van der Waals surface area contributed by atoms with Crippen LogP contribution in [0.25, 0.3) is 0 Å². The van der Waals surface area contributed by atoms with Crippen molar-refractivity contribution in [3.8, 4) is 0 Å². The Hall–Kier alpha value is -2.45. The highest BCUT2D eigenvalue weighted by Crippen LogP contribution is 2.23. The van der Waals surface area contributed by atoms with E-state index in [-0.39, 0.29) is 18.8 Å². The van der Waals surface area contributed by atoms with Crippen molar-refractivity contribution in [1.82, 2.24) is 0 Å². The zero-order valence-corrected chi connectivity index (χ0v) is 36.7. The zero-order chi connectivity index (χ0) is 40.8. The molecular weight excluding hydrogens is 721 g/mol. The van der Waals surface area contributed by atoms with Crippen molar-refractivity contribution in [1.29, 1.82) is 0 Å². The third kappa shape index (κ3) is 28.9. The first-order valence-electron chi connectivity index (χ1n) is 23.1. The third-order valence-electron chi connectivity index (χ3n) is 10.5. The van der Waals surface area contributed by atoms with Crippen molar-refractivity contribution in [2.75, 3.05) is 13.2 Å². The third-order valence-corrected chi connectivity index (χ3v) is 11.4. The molecule has 1 N–H and O–H groups in total. The molecule has 0 atom stereocenters. The number of unbranched alkanes of at least 4 members (excludes halogenated alkanes) is 28. The van der Waals surface area contributed by atoms with Crippen molar-refractivity contribution in [2.45, 2.75) is 224 Å². The molecule has 7 nitrogen and oxygen atoms in total. The first kappa shape index (κ1) is 51.6. The van der Waals surface area contributed by atoms with E-state index in [2.05, 4.69) is 38.2 Å². The van der Waals surface area contributed by atoms with E-state index in [1.165, 1.54) is 166 Å². The van der Waals surface area contributed by atoms with Gasteiger partial charge >= 0.3 is 11.9 Å². The number of carbonyl (C=O) groups is 2. The summed E-state index contributed by atoms with van der Waals surface area (Å²) in [6.45, 7) is 4.79. The SMILES string of the molecule is CCCCCCC/C=C/CCCCCCCCCCCOC(=O)c1cccc(S(=O)(=O)O)c1C(=O)OCCCCCCCCCCC/C=C/CCCCCCC. The fourth-order valence-corrected chi connectivity index (χ4v) is 7.71. The lowest BCUT2D eigenvalue weighted by Crippen LogP contribution is -2.19. The van der Waals surface area contributed by atoms with Crippen LogP contribution in [0.1, 0.15) is 240 Å². The Morgan fingerprint density at radius 2 is 0.804 bits per heavy atom. The molecule has 1 aromatic rings. The minimum Gasteiger partial charge on any atom is -0.462 e. The molecule has 1 rings (SSSR count). The van der Waals surface area contributed by atoms with Gasteiger partial charge in [-0.15, -0.1) is 0 Å². The van der Waals surface area contributed by atoms with Crippen LogP contribution in [-0.4, -0.2) is 38.1 Å². The quantitative estimate of drug-likeness (QED) is 0.0306. The van der Waals surface area contributed by atoms with Crippen LogP contribution in [0.2, 0.25) is 0 Å². The fraction of sp³-hybridized carbons (Fsp3) is 0.750. The van der Waals surface area contributed by atoms with Gasteiger partial charge in [0, 0.05) is 0 Å². The second kappa shape index (κ2) is 36.9. The molecule has 0 bridgehead atoms. The van der Waals surface area contributed by atoms with Gasteiger partial charge in [0.05, 0.1) is 24.3 Å². The molecule has 0 amide bonds. The summed E-state index contributed by atoms with van der Waals surface area (Å²) in [4.78, 5) is 25.4. The molecule has 0 unspecified atom stereocenters. The summed E-state index contributed by atoms with van der Waals surface area (Å²) in [7, 11) is -4.77. The fourth-order valence-electron chi connectivity index (χ4n) is 7.01. The molecule has 0 fully saturated rings. The maximum absolute atomic E-state index is 13.1. The van der Waals surface area contributed by atoms with Gasteiger partial charge in [0.2, 0.25) is 0 Å². The molecule has 0 radical (unpaired) electrons. The number of allylic oxidation sites excluding steroid dienone is 4. The number of ether oxygens (including phenoxy) is 2. The summed E-state index contributed by atoms with van der Waals surface area (Å²) >= 11 is 0. The molecule has 0 spiro atoms. The predicted molar refractivity (Wildman–Crippen MR) is 234 cm³/mol. The minimum atomic E-state index is -4.77. The first-order chi connectivity index (χ1) is 27.3. The van der Waals surface area contributed by atoms with Crippen molar-refractivity contribution >= 4 is 22.1 Å². The van der Waals surface area contributed by atoms with E-state index in [0.717, 1.165) is 44.6 Å². The van der Waals surface area contributed by atoms with E-state index < -0.39 is 32.5 Å². The van der Waals surface area contributed by atoms with Crippen LogP contribution < -0.4 is 0 Å². The lowest BCUT2D eigenvalue weighted by molar-refractivity contribution is 0.0446. The first-order valence-corrected chi connectivity index (χ1v) is 24.5. The van der Waals surface area contributed by atoms with Gasteiger partial charge in [0.15, 0.2) is 0 Å². The Bertz CT molecular complexity index is 1270. The van der Waals surface area contributed by atoms with Crippen LogP contribution in [-0.2, 0) is 19.6 Å². The average molecular weight is 803 g/mol. The molecule has 0 saturated carbocycles. The van der Waals surface area contributed by atoms with Crippen LogP contribution in [0.15, 0.2) is 47.4 Å². The summed E-state index contributed by atoms with van der Waals surface area (Å²) in [5, 5.41) is 0. The van der Waals surface area contributed by atoms with Crippen molar-refractivity contribution < 1.29 is 32.0 Å². The lowest BCUT2D eigenvalue weighted by Gasteiger charge is -2.13. The summed E-state index contributed by atoms with van der Waals surface area (Å²) in [5.74, 6) is -1.74. The minimum absolute atomic E-state index is 0.107. The topological polar surface area (TPSA) is 107 Å². The summed E-state index contributed by atoms with van der Waals surface area (Å²) in [6.07, 6.45) is 47.6. The molecule has 0 aliphatic rings. The molecular formula is C48H82O7S.